The number of hydrogen-bond donors (Lipinski definition) is 1. The van der Waals surface area contributed by atoms with Gasteiger partial charge in [-0.15, -0.1) is 0 Å². The van der Waals surface area contributed by atoms with E-state index in [9.17, 15) is 5.11 Å². The largest absolute Gasteiger partial charge is 0.385 e. The molecule has 0 aromatic heterocycles. The lowest BCUT2D eigenvalue weighted by Crippen LogP contribution is -2.41. The van der Waals surface area contributed by atoms with E-state index < -0.39 is 5.60 Å². The Morgan fingerprint density at radius 2 is 2.08 bits per heavy atom. The van der Waals surface area contributed by atoms with E-state index in [0.717, 1.165) is 12.0 Å². The lowest BCUT2D eigenvalue weighted by atomic mass is 9.64. The van der Waals surface area contributed by atoms with Crippen molar-refractivity contribution < 1.29 is 5.11 Å². The van der Waals surface area contributed by atoms with Gasteiger partial charge in [0.05, 0.1) is 5.60 Å². The van der Waals surface area contributed by atoms with Crippen LogP contribution in [-0.4, -0.2) is 5.11 Å². The number of fused-ring (bicyclic) bond motifs is 1. The third-order valence-corrected chi connectivity index (χ3v) is 3.15. The molecule has 2 atom stereocenters. The molecule has 0 saturated carbocycles. The highest BCUT2D eigenvalue weighted by molar-refractivity contribution is 5.46. The van der Waals surface area contributed by atoms with Crippen LogP contribution in [0.3, 0.4) is 0 Å². The molecule has 1 aliphatic carbocycles. The van der Waals surface area contributed by atoms with Crippen molar-refractivity contribution in [1.82, 2.24) is 0 Å². The first-order valence-electron chi connectivity index (χ1n) is 4.52. The molecule has 1 aromatic rings. The van der Waals surface area contributed by atoms with Gasteiger partial charge in [-0.05, 0) is 17.5 Å². The zero-order valence-corrected chi connectivity index (χ0v) is 7.54. The molecule has 2 rings (SSSR count). The molecule has 0 saturated heterocycles. The lowest BCUT2D eigenvalue weighted by Gasteiger charge is -2.45. The zero-order valence-electron chi connectivity index (χ0n) is 7.54. The summed E-state index contributed by atoms with van der Waals surface area (Å²) in [4.78, 5) is 0. The second-order valence-corrected chi connectivity index (χ2v) is 3.59. The predicted octanol–water partition coefficient (Wildman–Crippen LogP) is 2.40. The highest BCUT2D eigenvalue weighted by Gasteiger charge is 2.45. The third-order valence-electron chi connectivity index (χ3n) is 3.15. The Labute approximate surface area is 73.0 Å². The molecule has 1 aromatic carbocycles. The van der Waals surface area contributed by atoms with Crippen molar-refractivity contribution >= 4 is 0 Å². The fourth-order valence-corrected chi connectivity index (χ4v) is 2.18. The SMILES string of the molecule is CC[C@]1(O)c2ccccc2[C@@H]1C. The van der Waals surface area contributed by atoms with E-state index in [-0.39, 0.29) is 0 Å². The van der Waals surface area contributed by atoms with Crippen LogP contribution in [0.1, 0.15) is 37.3 Å². The standard InChI is InChI=1S/C11H14O/c1-3-11(12)8(2)9-6-4-5-7-10(9)11/h4-8,12H,3H2,1-2H3/t8-,11+/m0/s1. The Hall–Kier alpha value is -0.820. The van der Waals surface area contributed by atoms with Crippen LogP contribution >= 0.6 is 0 Å². The van der Waals surface area contributed by atoms with Crippen LogP contribution in [0.4, 0.5) is 0 Å². The van der Waals surface area contributed by atoms with Crippen LogP contribution in [0.5, 0.6) is 0 Å². The smallest absolute Gasteiger partial charge is 0.0962 e. The Balaban J connectivity index is 2.50. The molecular formula is C11H14O. The topological polar surface area (TPSA) is 20.2 Å². The normalized spacial score (nSPS) is 32.4. The number of hydrogen-bond acceptors (Lipinski definition) is 1. The van der Waals surface area contributed by atoms with Crippen molar-refractivity contribution in [3.05, 3.63) is 35.4 Å². The Morgan fingerprint density at radius 3 is 2.75 bits per heavy atom. The second-order valence-electron chi connectivity index (χ2n) is 3.59. The minimum Gasteiger partial charge on any atom is -0.385 e. The van der Waals surface area contributed by atoms with Gasteiger partial charge < -0.3 is 5.11 Å². The quantitative estimate of drug-likeness (QED) is 0.672. The first-order valence-corrected chi connectivity index (χ1v) is 4.52. The molecule has 12 heavy (non-hydrogen) atoms. The average molecular weight is 162 g/mol. The summed E-state index contributed by atoms with van der Waals surface area (Å²) in [6.07, 6.45) is 0.811. The molecule has 0 aliphatic heterocycles. The molecule has 1 N–H and O–H groups in total. The van der Waals surface area contributed by atoms with Crippen molar-refractivity contribution in [1.29, 1.82) is 0 Å². The minimum atomic E-state index is -0.545. The van der Waals surface area contributed by atoms with Crippen LogP contribution in [-0.2, 0) is 5.60 Å². The molecule has 64 valence electrons. The fraction of sp³-hybridized carbons (Fsp3) is 0.455. The summed E-state index contributed by atoms with van der Waals surface area (Å²) in [7, 11) is 0. The van der Waals surface area contributed by atoms with Crippen LogP contribution in [0.25, 0.3) is 0 Å². The molecular weight excluding hydrogens is 148 g/mol. The van der Waals surface area contributed by atoms with Gasteiger partial charge in [-0.3, -0.25) is 0 Å². The van der Waals surface area contributed by atoms with Crippen LogP contribution in [0.15, 0.2) is 24.3 Å². The monoisotopic (exact) mass is 162 g/mol. The molecule has 0 spiro atoms. The first-order chi connectivity index (χ1) is 5.70. The van der Waals surface area contributed by atoms with Crippen LogP contribution in [0.2, 0.25) is 0 Å². The van der Waals surface area contributed by atoms with Gasteiger partial charge in [0.15, 0.2) is 0 Å². The van der Waals surface area contributed by atoms with E-state index in [2.05, 4.69) is 13.0 Å². The summed E-state index contributed by atoms with van der Waals surface area (Å²) in [5.74, 6) is 0.304. The van der Waals surface area contributed by atoms with Gasteiger partial charge in [0, 0.05) is 5.92 Å². The van der Waals surface area contributed by atoms with E-state index in [4.69, 9.17) is 0 Å². The maximum atomic E-state index is 10.1. The zero-order chi connectivity index (χ0) is 8.77. The first kappa shape index (κ1) is 7.81. The van der Waals surface area contributed by atoms with Crippen LogP contribution in [0, 0.1) is 0 Å². The molecule has 0 bridgehead atoms. The Bertz CT molecular complexity index is 306. The summed E-state index contributed by atoms with van der Waals surface area (Å²) in [5.41, 5.74) is 1.89. The van der Waals surface area contributed by atoms with Gasteiger partial charge in [0.1, 0.15) is 0 Å². The molecule has 0 amide bonds. The number of rotatable bonds is 1. The molecule has 1 nitrogen and oxygen atoms in total. The predicted molar refractivity (Wildman–Crippen MR) is 49.0 cm³/mol. The molecule has 0 fully saturated rings. The molecule has 0 radical (unpaired) electrons. The summed E-state index contributed by atoms with van der Waals surface area (Å²) < 4.78 is 0. The van der Waals surface area contributed by atoms with E-state index in [0.29, 0.717) is 5.92 Å². The van der Waals surface area contributed by atoms with Gasteiger partial charge in [-0.2, -0.15) is 0 Å². The van der Waals surface area contributed by atoms with Crippen molar-refractivity contribution in [2.45, 2.75) is 31.8 Å². The van der Waals surface area contributed by atoms with Gasteiger partial charge in [0.2, 0.25) is 0 Å². The number of aliphatic hydroxyl groups is 1. The Kier molecular flexibility index (Phi) is 1.52. The lowest BCUT2D eigenvalue weighted by molar-refractivity contribution is -0.0184. The highest BCUT2D eigenvalue weighted by atomic mass is 16.3. The van der Waals surface area contributed by atoms with E-state index >= 15 is 0 Å². The molecule has 0 heterocycles. The van der Waals surface area contributed by atoms with Gasteiger partial charge in [-0.25, -0.2) is 0 Å². The van der Waals surface area contributed by atoms with Gasteiger partial charge in [-0.1, -0.05) is 38.1 Å². The van der Waals surface area contributed by atoms with E-state index in [1.54, 1.807) is 0 Å². The van der Waals surface area contributed by atoms with Gasteiger partial charge >= 0.3 is 0 Å². The molecule has 1 heteroatoms. The maximum absolute atomic E-state index is 10.1. The fourth-order valence-electron chi connectivity index (χ4n) is 2.18. The molecule has 1 aliphatic rings. The van der Waals surface area contributed by atoms with Crippen molar-refractivity contribution in [2.24, 2.45) is 0 Å². The molecule has 0 unspecified atom stereocenters. The van der Waals surface area contributed by atoms with E-state index in [1.165, 1.54) is 5.56 Å². The van der Waals surface area contributed by atoms with Crippen molar-refractivity contribution in [2.75, 3.05) is 0 Å². The van der Waals surface area contributed by atoms with Gasteiger partial charge in [0.25, 0.3) is 0 Å². The second kappa shape index (κ2) is 2.33. The summed E-state index contributed by atoms with van der Waals surface area (Å²) in [6, 6.07) is 8.15. The summed E-state index contributed by atoms with van der Waals surface area (Å²) >= 11 is 0. The van der Waals surface area contributed by atoms with Crippen LogP contribution < -0.4 is 0 Å². The van der Waals surface area contributed by atoms with Crippen molar-refractivity contribution in [3.8, 4) is 0 Å². The summed E-state index contributed by atoms with van der Waals surface area (Å²) in [6.45, 7) is 4.12. The summed E-state index contributed by atoms with van der Waals surface area (Å²) in [5, 5.41) is 10.1. The average Bonchev–Trinajstić information content (AvgIpc) is 2.16. The Morgan fingerprint density at radius 1 is 1.42 bits per heavy atom. The third kappa shape index (κ3) is 0.721. The maximum Gasteiger partial charge on any atom is 0.0962 e. The van der Waals surface area contributed by atoms with Crippen molar-refractivity contribution in [3.63, 3.8) is 0 Å². The number of benzene rings is 1. The van der Waals surface area contributed by atoms with E-state index in [1.807, 2.05) is 25.1 Å². The minimum absolute atomic E-state index is 0.304. The highest BCUT2D eigenvalue weighted by Crippen LogP contribution is 2.51.